The van der Waals surface area contributed by atoms with Crippen molar-refractivity contribution in [3.63, 3.8) is 0 Å². The fourth-order valence-electron chi connectivity index (χ4n) is 7.44. The summed E-state index contributed by atoms with van der Waals surface area (Å²) >= 11 is 0. The summed E-state index contributed by atoms with van der Waals surface area (Å²) in [5.41, 5.74) is 0. The number of hydrogen-bond donors (Lipinski definition) is 0. The van der Waals surface area contributed by atoms with Gasteiger partial charge >= 0.3 is 10.0 Å². The lowest BCUT2D eigenvalue weighted by molar-refractivity contribution is 0.152. The molecule has 0 unspecified atom stereocenters. The first kappa shape index (κ1) is 33.3. The SMILES string of the molecule is C1CCCC(C2CCCCCC2)CC1.C1CCCC(C2CCCCCC2)CC1.CC(C)O[SiH2]OC(C)C. The first-order valence-corrected chi connectivity index (χ1v) is 18.4. The van der Waals surface area contributed by atoms with Crippen molar-refractivity contribution < 1.29 is 8.85 Å². The molecule has 2 nitrogen and oxygen atoms in total. The first-order valence-electron chi connectivity index (χ1n) is 17.3. The van der Waals surface area contributed by atoms with Crippen molar-refractivity contribution in [1.82, 2.24) is 0 Å². The lowest BCUT2D eigenvalue weighted by atomic mass is 9.81. The molecule has 0 bridgehead atoms. The highest BCUT2D eigenvalue weighted by Crippen LogP contribution is 2.37. The highest BCUT2D eigenvalue weighted by atomic mass is 28.3. The third-order valence-corrected chi connectivity index (χ3v) is 11.3. The van der Waals surface area contributed by atoms with E-state index in [-0.39, 0.29) is 0 Å². The Bertz CT molecular complexity index is 396. The summed E-state index contributed by atoms with van der Waals surface area (Å²) in [5.74, 6) is 4.48. The molecule has 0 heterocycles. The highest BCUT2D eigenvalue weighted by Gasteiger charge is 2.24. The van der Waals surface area contributed by atoms with Gasteiger partial charge in [-0.3, -0.25) is 0 Å². The molecule has 0 saturated heterocycles. The molecule has 4 aliphatic rings. The van der Waals surface area contributed by atoms with Crippen LogP contribution in [0.1, 0.15) is 182 Å². The van der Waals surface area contributed by atoms with E-state index in [2.05, 4.69) is 0 Å². The van der Waals surface area contributed by atoms with Crippen molar-refractivity contribution >= 4 is 10.0 Å². The van der Waals surface area contributed by atoms with Crippen LogP contribution < -0.4 is 0 Å². The minimum atomic E-state index is -0.684. The van der Waals surface area contributed by atoms with Gasteiger partial charge in [-0.05, 0) is 51.4 Å². The van der Waals surface area contributed by atoms with Gasteiger partial charge in [-0.1, -0.05) is 154 Å². The normalized spacial score (nSPS) is 24.2. The molecule has 0 aromatic rings. The molecule has 4 aliphatic carbocycles. The second-order valence-electron chi connectivity index (χ2n) is 13.6. The van der Waals surface area contributed by atoms with E-state index >= 15 is 0 Å². The molecule has 3 heteroatoms. The minimum Gasteiger partial charge on any atom is -0.396 e. The Morgan fingerprint density at radius 3 is 0.703 bits per heavy atom. The van der Waals surface area contributed by atoms with Crippen LogP contribution in [0.4, 0.5) is 0 Å². The fraction of sp³-hybridized carbons (Fsp3) is 1.00. The van der Waals surface area contributed by atoms with Crippen LogP contribution >= 0.6 is 0 Å². The Morgan fingerprint density at radius 1 is 0.351 bits per heavy atom. The van der Waals surface area contributed by atoms with Gasteiger partial charge in [0.1, 0.15) is 0 Å². The van der Waals surface area contributed by atoms with Crippen molar-refractivity contribution in [2.75, 3.05) is 0 Å². The van der Waals surface area contributed by atoms with Crippen molar-refractivity contribution in [1.29, 1.82) is 0 Å². The van der Waals surface area contributed by atoms with Gasteiger partial charge in [0.05, 0.1) is 0 Å². The Labute approximate surface area is 236 Å². The van der Waals surface area contributed by atoms with Gasteiger partial charge < -0.3 is 8.85 Å². The van der Waals surface area contributed by atoms with Crippen LogP contribution in [-0.4, -0.2) is 22.2 Å². The summed E-state index contributed by atoms with van der Waals surface area (Å²) in [7, 11) is -0.684. The number of hydrogen-bond acceptors (Lipinski definition) is 2. The third-order valence-electron chi connectivity index (χ3n) is 9.74. The monoisotopic (exact) mass is 536 g/mol. The van der Waals surface area contributed by atoms with Gasteiger partial charge in [0.2, 0.25) is 0 Å². The molecule has 4 fully saturated rings. The predicted octanol–water partition coefficient (Wildman–Crippen LogP) is 10.7. The molecule has 0 amide bonds. The summed E-state index contributed by atoms with van der Waals surface area (Å²) in [6.07, 6.45) is 37.5. The van der Waals surface area contributed by atoms with Gasteiger partial charge in [-0.15, -0.1) is 0 Å². The van der Waals surface area contributed by atoms with Gasteiger partial charge in [-0.2, -0.15) is 0 Å². The third kappa shape index (κ3) is 16.8. The maximum absolute atomic E-state index is 5.27. The lowest BCUT2D eigenvalue weighted by Crippen LogP contribution is -2.14. The summed E-state index contributed by atoms with van der Waals surface area (Å²) in [4.78, 5) is 0. The van der Waals surface area contributed by atoms with Crippen molar-refractivity contribution in [2.45, 2.75) is 194 Å². The molecular weight excluding hydrogens is 468 g/mol. The first-order chi connectivity index (χ1) is 18.1. The van der Waals surface area contributed by atoms with Crippen LogP contribution in [0.5, 0.6) is 0 Å². The van der Waals surface area contributed by atoms with Crippen LogP contribution in [0.2, 0.25) is 0 Å². The molecule has 0 aromatic carbocycles. The Balaban J connectivity index is 0.000000201. The quantitative estimate of drug-likeness (QED) is 0.248. The van der Waals surface area contributed by atoms with E-state index in [0.29, 0.717) is 12.2 Å². The van der Waals surface area contributed by atoms with E-state index in [4.69, 9.17) is 8.85 Å². The second-order valence-corrected chi connectivity index (χ2v) is 14.5. The fourth-order valence-corrected chi connectivity index (χ4v) is 8.06. The molecule has 37 heavy (non-hydrogen) atoms. The van der Waals surface area contributed by atoms with E-state index < -0.39 is 10.0 Å². The second kappa shape index (κ2) is 21.9. The van der Waals surface area contributed by atoms with Crippen LogP contribution in [0, 0.1) is 23.7 Å². The smallest absolute Gasteiger partial charge is 0.304 e. The molecule has 4 saturated carbocycles. The Morgan fingerprint density at radius 2 is 0.541 bits per heavy atom. The zero-order chi connectivity index (χ0) is 26.6. The van der Waals surface area contributed by atoms with Crippen molar-refractivity contribution in [3.8, 4) is 0 Å². The molecule has 4 rings (SSSR count). The van der Waals surface area contributed by atoms with E-state index in [0.717, 1.165) is 23.7 Å². The van der Waals surface area contributed by atoms with Crippen LogP contribution in [0.25, 0.3) is 0 Å². The summed E-state index contributed by atoms with van der Waals surface area (Å²) < 4.78 is 10.5. The molecule has 0 atom stereocenters. The maximum Gasteiger partial charge on any atom is 0.304 e. The van der Waals surface area contributed by atoms with Crippen molar-refractivity contribution in [3.05, 3.63) is 0 Å². The van der Waals surface area contributed by atoms with Gasteiger partial charge in [0, 0.05) is 12.2 Å². The summed E-state index contributed by atoms with van der Waals surface area (Å²) in [5, 5.41) is 0. The predicted molar refractivity (Wildman–Crippen MR) is 166 cm³/mol. The van der Waals surface area contributed by atoms with E-state index in [1.165, 1.54) is 103 Å². The van der Waals surface area contributed by atoms with Gasteiger partial charge in [0.15, 0.2) is 0 Å². The average molecular weight is 537 g/mol. The van der Waals surface area contributed by atoms with E-state index in [1.807, 2.05) is 27.7 Å². The van der Waals surface area contributed by atoms with E-state index in [9.17, 15) is 0 Å². The van der Waals surface area contributed by atoms with Crippen LogP contribution in [0.15, 0.2) is 0 Å². The zero-order valence-electron chi connectivity index (χ0n) is 26.0. The minimum absolute atomic E-state index is 0.329. The molecule has 0 aliphatic heterocycles. The standard InChI is InChI=1S/2C14H26.C6H16O2Si/c2*1-2-6-10-13(9-5-1)14-11-7-3-4-8-12-14;1-5(2)7-9-8-6(3)4/h2*13-14H,1-12H2;5-6H,9H2,1-4H3. The molecule has 220 valence electrons. The molecular formula is C34H68O2Si. The molecule has 0 radical (unpaired) electrons. The molecule has 0 aromatic heterocycles. The van der Waals surface area contributed by atoms with Crippen LogP contribution in [0.3, 0.4) is 0 Å². The maximum atomic E-state index is 5.27. The lowest BCUT2D eigenvalue weighted by Gasteiger charge is -2.24. The van der Waals surface area contributed by atoms with Gasteiger partial charge in [0.25, 0.3) is 0 Å². The topological polar surface area (TPSA) is 18.5 Å². The van der Waals surface area contributed by atoms with Crippen molar-refractivity contribution in [2.24, 2.45) is 23.7 Å². The van der Waals surface area contributed by atoms with Crippen LogP contribution in [-0.2, 0) is 8.85 Å². The Hall–Kier alpha value is 0.137. The summed E-state index contributed by atoms with van der Waals surface area (Å²) in [6, 6.07) is 0. The largest absolute Gasteiger partial charge is 0.396 e. The number of rotatable bonds is 6. The molecule has 0 N–H and O–H groups in total. The zero-order valence-corrected chi connectivity index (χ0v) is 27.4. The van der Waals surface area contributed by atoms with Gasteiger partial charge in [-0.25, -0.2) is 0 Å². The molecule has 0 spiro atoms. The average Bonchev–Trinajstić information content (AvgIpc) is 3.49. The Kier molecular flexibility index (Phi) is 19.7. The van der Waals surface area contributed by atoms with E-state index in [1.54, 1.807) is 51.4 Å². The highest BCUT2D eigenvalue weighted by molar-refractivity contribution is 6.18. The summed E-state index contributed by atoms with van der Waals surface area (Å²) in [6.45, 7) is 8.10.